The molecule has 1 fully saturated rings. The second-order valence-corrected chi connectivity index (χ2v) is 9.10. The summed E-state index contributed by atoms with van der Waals surface area (Å²) < 4.78 is 0. The number of carbonyl (C=O) groups is 1. The summed E-state index contributed by atoms with van der Waals surface area (Å²) in [7, 11) is 3.62. The van der Waals surface area contributed by atoms with Crippen LogP contribution in [0.5, 0.6) is 0 Å². The predicted octanol–water partition coefficient (Wildman–Crippen LogP) is 5.15. The fourth-order valence-electron chi connectivity index (χ4n) is 4.17. The zero-order chi connectivity index (χ0) is 25.3. The Balaban J connectivity index is 0.000000379. The molecular formula is C28H41N5O. The van der Waals surface area contributed by atoms with Gasteiger partial charge in [0.2, 0.25) is 0 Å². The van der Waals surface area contributed by atoms with Crippen molar-refractivity contribution < 1.29 is 4.79 Å². The molecule has 0 saturated heterocycles. The molecule has 3 rings (SSSR count). The molecule has 2 heterocycles. The number of carbonyl (C=O) groups excluding carboxylic acids is 1. The van der Waals surface area contributed by atoms with Crippen LogP contribution in [-0.2, 0) is 11.3 Å². The first kappa shape index (κ1) is 27.3. The first-order chi connectivity index (χ1) is 16.2. The van der Waals surface area contributed by atoms with Gasteiger partial charge in [0, 0.05) is 63.0 Å². The average molecular weight is 464 g/mol. The first-order valence-corrected chi connectivity index (χ1v) is 12.0. The molecular weight excluding hydrogens is 422 g/mol. The summed E-state index contributed by atoms with van der Waals surface area (Å²) in [6.45, 7) is 14.5. The van der Waals surface area contributed by atoms with Gasteiger partial charge in [0.15, 0.2) is 5.78 Å². The lowest BCUT2D eigenvalue weighted by molar-refractivity contribution is -0.113. The molecule has 34 heavy (non-hydrogen) atoms. The quantitative estimate of drug-likeness (QED) is 0.411. The van der Waals surface area contributed by atoms with Crippen molar-refractivity contribution in [3.8, 4) is 0 Å². The van der Waals surface area contributed by atoms with Crippen LogP contribution in [0.2, 0.25) is 0 Å². The summed E-state index contributed by atoms with van der Waals surface area (Å²) in [6, 6.07) is 2.17. The summed E-state index contributed by atoms with van der Waals surface area (Å²) in [5.41, 5.74) is 13.3. The summed E-state index contributed by atoms with van der Waals surface area (Å²) in [5.74, 6) is 1.69. The number of rotatable bonds is 8. The fourth-order valence-corrected chi connectivity index (χ4v) is 4.17. The van der Waals surface area contributed by atoms with Gasteiger partial charge in [-0.2, -0.15) is 0 Å². The molecule has 0 spiro atoms. The molecule has 0 bridgehead atoms. The minimum absolute atomic E-state index is 0.156. The van der Waals surface area contributed by atoms with Crippen molar-refractivity contribution in [1.82, 2.24) is 9.88 Å². The fraction of sp³-hybridized carbons (Fsp3) is 0.464. The predicted molar refractivity (Wildman–Crippen MR) is 145 cm³/mol. The van der Waals surface area contributed by atoms with E-state index in [-0.39, 0.29) is 5.78 Å². The number of Topliss-reactive ketones (excluding diaryl/α,β-unsaturated/α-hetero) is 1. The standard InChI is InChI=1S/C21H29N3O.C7H12N2/c1-7-18(16(5)25)19-8-9-24(12-15(19)4)13-17-10-20(14(2)3)21(22-6)23-11-17;1-9-5-4-7(8)6-2-3-6/h7,10-11H,2,8-9,12-13H2,1,3-6H3,(H,22,23);4-6H,2-3,8H2,1H3/b18-7-;7-4-,9-5?. The second-order valence-electron chi connectivity index (χ2n) is 9.10. The Kier molecular flexibility index (Phi) is 10.5. The molecule has 1 aromatic heterocycles. The molecule has 184 valence electrons. The third-order valence-corrected chi connectivity index (χ3v) is 6.16. The van der Waals surface area contributed by atoms with Gasteiger partial charge in [-0.25, -0.2) is 4.98 Å². The monoisotopic (exact) mass is 463 g/mol. The number of aliphatic imine (C=N–C) groups is 1. The Labute approximate surface area is 205 Å². The molecule has 0 radical (unpaired) electrons. The Bertz CT molecular complexity index is 1010. The van der Waals surface area contributed by atoms with Crippen molar-refractivity contribution in [2.45, 2.75) is 53.5 Å². The topological polar surface area (TPSA) is 83.6 Å². The Hall–Kier alpha value is -2.99. The molecule has 2 aliphatic rings. The van der Waals surface area contributed by atoms with E-state index in [1.165, 1.54) is 29.6 Å². The van der Waals surface area contributed by atoms with E-state index in [9.17, 15) is 4.79 Å². The van der Waals surface area contributed by atoms with Gasteiger partial charge in [0.25, 0.3) is 0 Å². The van der Waals surface area contributed by atoms with Gasteiger partial charge < -0.3 is 11.1 Å². The molecule has 0 atom stereocenters. The molecule has 1 aliphatic heterocycles. The van der Waals surface area contributed by atoms with Gasteiger partial charge in [0.1, 0.15) is 5.82 Å². The first-order valence-electron chi connectivity index (χ1n) is 12.0. The Morgan fingerprint density at radius 3 is 2.59 bits per heavy atom. The number of nitrogens with one attached hydrogen (secondary N) is 1. The maximum Gasteiger partial charge on any atom is 0.159 e. The minimum Gasteiger partial charge on any atom is -0.402 e. The molecule has 0 amide bonds. The number of hydrogen-bond donors (Lipinski definition) is 2. The lowest BCUT2D eigenvalue weighted by Gasteiger charge is -2.30. The SMILES string of the molecule is C=C(C)c1cc(CN2CCC(/C(=C\C)C(C)=O)=C(C)C2)cnc1NC.CN=C/C=C(\N)C1CC1. The van der Waals surface area contributed by atoms with Crippen molar-refractivity contribution in [3.05, 3.63) is 64.5 Å². The van der Waals surface area contributed by atoms with Crippen molar-refractivity contribution in [1.29, 1.82) is 0 Å². The zero-order valence-electron chi connectivity index (χ0n) is 21.7. The molecule has 0 aromatic carbocycles. The number of ketones is 1. The molecule has 1 saturated carbocycles. The highest BCUT2D eigenvalue weighted by molar-refractivity contribution is 5.97. The van der Waals surface area contributed by atoms with E-state index >= 15 is 0 Å². The maximum atomic E-state index is 11.8. The number of nitrogens with zero attached hydrogens (tertiary/aromatic N) is 3. The van der Waals surface area contributed by atoms with E-state index in [4.69, 9.17) is 5.73 Å². The van der Waals surface area contributed by atoms with Crippen LogP contribution in [-0.4, -0.2) is 49.1 Å². The van der Waals surface area contributed by atoms with Gasteiger partial charge >= 0.3 is 0 Å². The lowest BCUT2D eigenvalue weighted by atomic mass is 9.91. The van der Waals surface area contributed by atoms with Crippen LogP contribution < -0.4 is 11.1 Å². The van der Waals surface area contributed by atoms with Crippen LogP contribution in [0.4, 0.5) is 5.82 Å². The number of hydrogen-bond acceptors (Lipinski definition) is 6. The maximum absolute atomic E-state index is 11.8. The summed E-state index contributed by atoms with van der Waals surface area (Å²) >= 11 is 0. The van der Waals surface area contributed by atoms with Gasteiger partial charge in [-0.3, -0.25) is 14.7 Å². The van der Waals surface area contributed by atoms with Crippen molar-refractivity contribution in [2.75, 3.05) is 32.5 Å². The summed E-state index contributed by atoms with van der Waals surface area (Å²) in [4.78, 5) is 22.5. The van der Waals surface area contributed by atoms with Crippen LogP contribution in [0.3, 0.4) is 0 Å². The minimum atomic E-state index is 0.156. The van der Waals surface area contributed by atoms with E-state index in [1.54, 1.807) is 20.2 Å². The van der Waals surface area contributed by atoms with Gasteiger partial charge in [-0.1, -0.05) is 18.2 Å². The highest BCUT2D eigenvalue weighted by Gasteiger charge is 2.23. The third kappa shape index (κ3) is 7.80. The van der Waals surface area contributed by atoms with Gasteiger partial charge in [0.05, 0.1) is 0 Å². The molecule has 6 nitrogen and oxygen atoms in total. The molecule has 0 unspecified atom stereocenters. The van der Waals surface area contributed by atoms with Crippen LogP contribution in [0.1, 0.15) is 58.1 Å². The number of pyridine rings is 1. The van der Waals surface area contributed by atoms with Gasteiger partial charge in [-0.15, -0.1) is 0 Å². The van der Waals surface area contributed by atoms with Crippen LogP contribution in [0.25, 0.3) is 5.57 Å². The van der Waals surface area contributed by atoms with E-state index in [1.807, 2.05) is 39.2 Å². The van der Waals surface area contributed by atoms with Gasteiger partial charge in [-0.05, 0) is 81.7 Å². The number of nitrogens with two attached hydrogens (primary N) is 1. The van der Waals surface area contributed by atoms with E-state index in [2.05, 4.69) is 39.8 Å². The Morgan fingerprint density at radius 1 is 1.38 bits per heavy atom. The lowest BCUT2D eigenvalue weighted by Crippen LogP contribution is -2.31. The van der Waals surface area contributed by atoms with E-state index in [0.29, 0.717) is 5.92 Å². The summed E-state index contributed by atoms with van der Waals surface area (Å²) in [6.07, 6.45) is 10.9. The van der Waals surface area contributed by atoms with Crippen LogP contribution in [0.15, 0.2) is 58.4 Å². The molecule has 1 aromatic rings. The van der Waals surface area contributed by atoms with Crippen molar-refractivity contribution in [3.63, 3.8) is 0 Å². The highest BCUT2D eigenvalue weighted by Crippen LogP contribution is 2.33. The van der Waals surface area contributed by atoms with Crippen molar-refractivity contribution in [2.24, 2.45) is 16.6 Å². The molecule has 6 heteroatoms. The van der Waals surface area contributed by atoms with Crippen LogP contribution in [0, 0.1) is 5.92 Å². The number of anilines is 1. The normalized spacial score (nSPS) is 17.5. The van der Waals surface area contributed by atoms with E-state index < -0.39 is 0 Å². The second kappa shape index (κ2) is 13.0. The third-order valence-electron chi connectivity index (χ3n) is 6.16. The van der Waals surface area contributed by atoms with E-state index in [0.717, 1.165) is 54.3 Å². The smallest absolute Gasteiger partial charge is 0.159 e. The molecule has 1 aliphatic carbocycles. The number of aromatic nitrogens is 1. The largest absolute Gasteiger partial charge is 0.402 e. The summed E-state index contributed by atoms with van der Waals surface area (Å²) in [5, 5.41) is 3.12. The zero-order valence-corrected chi connectivity index (χ0v) is 21.7. The average Bonchev–Trinajstić information content (AvgIpc) is 3.65. The Morgan fingerprint density at radius 2 is 2.09 bits per heavy atom. The highest BCUT2D eigenvalue weighted by atomic mass is 16.1. The molecule has 3 N–H and O–H groups in total. The van der Waals surface area contributed by atoms with Crippen LogP contribution >= 0.6 is 0 Å². The number of allylic oxidation sites excluding steroid dienone is 5. The van der Waals surface area contributed by atoms with Crippen molar-refractivity contribution >= 4 is 23.4 Å².